The molecular weight excluding hydrogens is 284 g/mol. The fourth-order valence-electron chi connectivity index (χ4n) is 0.999. The summed E-state index contributed by atoms with van der Waals surface area (Å²) in [6.45, 7) is 9.41. The third-order valence-electron chi connectivity index (χ3n) is 2.26. The molecule has 100 valence electrons. The third kappa shape index (κ3) is 8.92. The fourth-order valence-corrected chi connectivity index (χ4v) is 1.10. The maximum Gasteiger partial charge on any atom is 0.318 e. The maximum atomic E-state index is 11.3. The Hall–Kier alpha value is -0.840. The van der Waals surface area contributed by atoms with E-state index >= 15 is 0 Å². The number of primary amides is 1. The summed E-state index contributed by atoms with van der Waals surface area (Å²) in [5.41, 5.74) is 4.81. The molecule has 0 rings (SSSR count). The zero-order valence-corrected chi connectivity index (χ0v) is 12.5. The highest BCUT2D eigenvalue weighted by molar-refractivity contribution is 9.10. The molecule has 0 saturated heterocycles. The van der Waals surface area contributed by atoms with Crippen LogP contribution in [0.15, 0.2) is 12.7 Å². The van der Waals surface area contributed by atoms with E-state index in [1.807, 2.05) is 25.2 Å². The number of urea groups is 1. The molecule has 0 atom stereocenters. The van der Waals surface area contributed by atoms with E-state index in [9.17, 15) is 9.59 Å². The van der Waals surface area contributed by atoms with Gasteiger partial charge in [-0.1, -0.05) is 49.2 Å². The van der Waals surface area contributed by atoms with Gasteiger partial charge in [0.25, 0.3) is 0 Å². The molecule has 0 aliphatic carbocycles. The summed E-state index contributed by atoms with van der Waals surface area (Å²) in [6, 6.07) is -0.814. The van der Waals surface area contributed by atoms with E-state index in [1.165, 1.54) is 6.42 Å². The standard InChI is InChI=1S/C7H13BrN2O2.C5H10/c1-3-7(8,4-2)5(11)10-6(9)12;1-3-5-4-2/h3-4H2,1-2H3,(H3,9,10,11,12);3H,1,4-5H2,2H3. The summed E-state index contributed by atoms with van der Waals surface area (Å²) in [7, 11) is 0. The van der Waals surface area contributed by atoms with E-state index in [0.29, 0.717) is 12.8 Å². The van der Waals surface area contributed by atoms with Gasteiger partial charge >= 0.3 is 6.03 Å². The highest BCUT2D eigenvalue weighted by Gasteiger charge is 2.32. The average molecular weight is 307 g/mol. The van der Waals surface area contributed by atoms with Gasteiger partial charge in [0.1, 0.15) is 4.32 Å². The van der Waals surface area contributed by atoms with Crippen LogP contribution in [0.1, 0.15) is 46.5 Å². The first-order valence-electron chi connectivity index (χ1n) is 5.78. The van der Waals surface area contributed by atoms with E-state index in [2.05, 4.69) is 29.4 Å². The molecule has 5 heteroatoms. The van der Waals surface area contributed by atoms with Gasteiger partial charge in [-0.15, -0.1) is 6.58 Å². The van der Waals surface area contributed by atoms with Crippen LogP contribution in [0.4, 0.5) is 4.79 Å². The molecule has 0 aromatic rings. The number of nitrogens with two attached hydrogens (primary N) is 1. The molecule has 0 aliphatic heterocycles. The molecule has 0 unspecified atom stereocenters. The molecule has 0 aliphatic rings. The summed E-state index contributed by atoms with van der Waals surface area (Å²) in [5.74, 6) is -0.375. The number of unbranched alkanes of at least 4 members (excludes halogenated alkanes) is 1. The van der Waals surface area contributed by atoms with Crippen molar-refractivity contribution in [2.45, 2.75) is 50.8 Å². The molecule has 4 nitrogen and oxygen atoms in total. The Labute approximate surface area is 112 Å². The lowest BCUT2D eigenvalue weighted by Crippen LogP contribution is -2.46. The predicted octanol–water partition coefficient (Wildman–Crippen LogP) is 3.11. The molecule has 3 amide bonds. The lowest BCUT2D eigenvalue weighted by molar-refractivity contribution is -0.122. The highest BCUT2D eigenvalue weighted by Crippen LogP contribution is 2.26. The molecule has 0 spiro atoms. The highest BCUT2D eigenvalue weighted by atomic mass is 79.9. The second kappa shape index (κ2) is 10.3. The minimum atomic E-state index is -0.814. The maximum absolute atomic E-state index is 11.3. The Morgan fingerprint density at radius 3 is 2.00 bits per heavy atom. The zero-order valence-electron chi connectivity index (χ0n) is 10.9. The van der Waals surface area contributed by atoms with Crippen molar-refractivity contribution in [3.05, 3.63) is 12.7 Å². The predicted molar refractivity (Wildman–Crippen MR) is 75.1 cm³/mol. The fraction of sp³-hybridized carbons (Fsp3) is 0.667. The van der Waals surface area contributed by atoms with Crippen LogP contribution >= 0.6 is 15.9 Å². The zero-order chi connectivity index (χ0) is 13.9. The van der Waals surface area contributed by atoms with Gasteiger partial charge < -0.3 is 5.73 Å². The van der Waals surface area contributed by atoms with Crippen molar-refractivity contribution in [1.82, 2.24) is 5.32 Å². The Bertz CT molecular complexity index is 251. The Morgan fingerprint density at radius 2 is 1.82 bits per heavy atom. The molecule has 0 aromatic heterocycles. The van der Waals surface area contributed by atoms with Crippen LogP contribution in [0.3, 0.4) is 0 Å². The SMILES string of the molecule is C=CCCC.CCC(Br)(CC)C(=O)NC(N)=O. The Kier molecular flexibility index (Phi) is 11.2. The van der Waals surface area contributed by atoms with Crippen molar-refractivity contribution in [3.8, 4) is 0 Å². The number of carbonyl (C=O) groups excluding carboxylic acids is 2. The summed E-state index contributed by atoms with van der Waals surface area (Å²) in [4.78, 5) is 21.6. The summed E-state index contributed by atoms with van der Waals surface area (Å²) < 4.78 is -0.665. The molecule has 3 N–H and O–H groups in total. The molecule has 0 bridgehead atoms. The summed E-state index contributed by atoms with van der Waals surface area (Å²) in [5, 5.41) is 2.04. The molecule has 0 radical (unpaired) electrons. The van der Waals surface area contributed by atoms with Crippen LogP contribution in [-0.2, 0) is 4.79 Å². The Balaban J connectivity index is 0. The van der Waals surface area contributed by atoms with Crippen molar-refractivity contribution in [2.24, 2.45) is 5.73 Å². The number of nitrogens with one attached hydrogen (secondary N) is 1. The van der Waals surface area contributed by atoms with Crippen molar-refractivity contribution in [3.63, 3.8) is 0 Å². The number of alkyl halides is 1. The monoisotopic (exact) mass is 306 g/mol. The minimum absolute atomic E-state index is 0.375. The first-order chi connectivity index (χ1) is 7.87. The second-order valence-electron chi connectivity index (χ2n) is 3.57. The van der Waals surface area contributed by atoms with Gasteiger partial charge in [0.2, 0.25) is 5.91 Å². The first-order valence-corrected chi connectivity index (χ1v) is 6.57. The van der Waals surface area contributed by atoms with Gasteiger partial charge in [-0.2, -0.15) is 0 Å². The van der Waals surface area contributed by atoms with Crippen LogP contribution < -0.4 is 11.1 Å². The molecule has 0 fully saturated rings. The topological polar surface area (TPSA) is 72.2 Å². The smallest absolute Gasteiger partial charge is 0.318 e. The van der Waals surface area contributed by atoms with Gasteiger partial charge in [-0.05, 0) is 19.3 Å². The van der Waals surface area contributed by atoms with Gasteiger partial charge in [-0.25, -0.2) is 4.79 Å². The largest absolute Gasteiger partial charge is 0.351 e. The number of amides is 3. The molecule has 0 aromatic carbocycles. The van der Waals surface area contributed by atoms with E-state index in [-0.39, 0.29) is 5.91 Å². The van der Waals surface area contributed by atoms with Gasteiger partial charge in [0.05, 0.1) is 0 Å². The van der Waals surface area contributed by atoms with Crippen LogP contribution in [0.5, 0.6) is 0 Å². The van der Waals surface area contributed by atoms with Crippen LogP contribution in [0, 0.1) is 0 Å². The van der Waals surface area contributed by atoms with Crippen LogP contribution in [-0.4, -0.2) is 16.3 Å². The normalized spacial score (nSPS) is 9.88. The summed E-state index contributed by atoms with van der Waals surface area (Å²) in [6.07, 6.45) is 5.54. The molecule has 17 heavy (non-hydrogen) atoms. The van der Waals surface area contributed by atoms with Crippen LogP contribution in [0.2, 0.25) is 0 Å². The van der Waals surface area contributed by atoms with Crippen molar-refractivity contribution >= 4 is 27.9 Å². The molecule has 0 saturated carbocycles. The number of rotatable bonds is 5. The van der Waals surface area contributed by atoms with Crippen molar-refractivity contribution in [2.75, 3.05) is 0 Å². The number of hydrogen-bond donors (Lipinski definition) is 2. The van der Waals surface area contributed by atoms with Gasteiger partial charge in [0.15, 0.2) is 0 Å². The van der Waals surface area contributed by atoms with Crippen molar-refractivity contribution in [1.29, 1.82) is 0 Å². The van der Waals surface area contributed by atoms with Crippen molar-refractivity contribution < 1.29 is 9.59 Å². The number of hydrogen-bond acceptors (Lipinski definition) is 2. The molecular formula is C12H23BrN2O2. The van der Waals surface area contributed by atoms with Crippen LogP contribution in [0.25, 0.3) is 0 Å². The number of imide groups is 1. The van der Waals surface area contributed by atoms with E-state index in [1.54, 1.807) is 0 Å². The lowest BCUT2D eigenvalue weighted by Gasteiger charge is -2.21. The number of halogens is 1. The van der Waals surface area contributed by atoms with Gasteiger partial charge in [0, 0.05) is 0 Å². The average Bonchev–Trinajstić information content (AvgIpc) is 2.29. The first kappa shape index (κ1) is 18.5. The van der Waals surface area contributed by atoms with E-state index in [0.717, 1.165) is 6.42 Å². The quantitative estimate of drug-likeness (QED) is 0.605. The number of allylic oxidation sites excluding steroid dienone is 1. The second-order valence-corrected chi connectivity index (χ2v) is 5.09. The third-order valence-corrected chi connectivity index (χ3v) is 3.74. The Morgan fingerprint density at radius 1 is 1.35 bits per heavy atom. The number of carbonyl (C=O) groups is 2. The lowest BCUT2D eigenvalue weighted by atomic mass is 10.0. The van der Waals surface area contributed by atoms with E-state index in [4.69, 9.17) is 5.73 Å². The molecule has 0 heterocycles. The minimum Gasteiger partial charge on any atom is -0.351 e. The summed E-state index contributed by atoms with van der Waals surface area (Å²) >= 11 is 3.26. The van der Waals surface area contributed by atoms with E-state index < -0.39 is 10.4 Å². The van der Waals surface area contributed by atoms with Gasteiger partial charge in [-0.3, -0.25) is 10.1 Å².